The Labute approximate surface area is 123 Å². The third-order valence-electron chi connectivity index (χ3n) is 3.20. The van der Waals surface area contributed by atoms with Gasteiger partial charge in [0.05, 0.1) is 10.7 Å². The van der Waals surface area contributed by atoms with Crippen molar-refractivity contribution < 1.29 is 4.39 Å². The van der Waals surface area contributed by atoms with E-state index in [0.717, 1.165) is 12.8 Å². The average molecular weight is 293 g/mol. The minimum absolute atomic E-state index is 0.0644. The van der Waals surface area contributed by atoms with Gasteiger partial charge >= 0.3 is 0 Å². The number of hydrogen-bond donors (Lipinski definition) is 2. The molecular weight excluding hydrogens is 275 g/mol. The van der Waals surface area contributed by atoms with Crippen LogP contribution in [0.2, 0.25) is 5.02 Å². The van der Waals surface area contributed by atoms with E-state index in [4.69, 9.17) is 17.3 Å². The van der Waals surface area contributed by atoms with Gasteiger partial charge in [0.25, 0.3) is 0 Å². The number of aryl methyl sites for hydroxylation is 1. The molecule has 2 aromatic rings. The molecule has 2 nitrogen and oxygen atoms in total. The van der Waals surface area contributed by atoms with Crippen molar-refractivity contribution in [3.8, 4) is 0 Å². The van der Waals surface area contributed by atoms with Crippen LogP contribution in [0.4, 0.5) is 10.1 Å². The summed E-state index contributed by atoms with van der Waals surface area (Å²) in [6.45, 7) is 0.472. The van der Waals surface area contributed by atoms with E-state index in [9.17, 15) is 4.39 Å². The molecule has 0 amide bonds. The van der Waals surface area contributed by atoms with Crippen molar-refractivity contribution in [3.05, 3.63) is 64.9 Å². The lowest BCUT2D eigenvalue weighted by atomic mass is 10.0. The van der Waals surface area contributed by atoms with Crippen molar-refractivity contribution in [2.45, 2.75) is 18.9 Å². The molecule has 0 saturated carbocycles. The summed E-state index contributed by atoms with van der Waals surface area (Å²) in [6.07, 6.45) is 1.79. The zero-order chi connectivity index (χ0) is 14.4. The van der Waals surface area contributed by atoms with Crippen LogP contribution in [-0.2, 0) is 6.42 Å². The first-order valence-electron chi connectivity index (χ1n) is 6.64. The average Bonchev–Trinajstić information content (AvgIpc) is 2.48. The molecular formula is C16H18ClFN2. The fourth-order valence-electron chi connectivity index (χ4n) is 2.06. The number of benzene rings is 2. The van der Waals surface area contributed by atoms with E-state index >= 15 is 0 Å². The number of nitrogens with two attached hydrogens (primary N) is 1. The van der Waals surface area contributed by atoms with Gasteiger partial charge in [0, 0.05) is 12.6 Å². The number of nitrogens with one attached hydrogen (secondary N) is 1. The molecule has 1 atom stereocenters. The summed E-state index contributed by atoms with van der Waals surface area (Å²) in [5, 5.41) is 3.72. The molecule has 0 aliphatic heterocycles. The summed E-state index contributed by atoms with van der Waals surface area (Å²) < 4.78 is 13.2. The molecule has 0 heterocycles. The third-order valence-corrected chi connectivity index (χ3v) is 3.53. The van der Waals surface area contributed by atoms with Crippen molar-refractivity contribution in [2.75, 3.05) is 11.9 Å². The van der Waals surface area contributed by atoms with Crippen molar-refractivity contribution in [2.24, 2.45) is 5.73 Å². The SMILES string of the molecule is NCC(CCc1ccccc1)Nc1cc(F)ccc1Cl. The molecule has 1 unspecified atom stereocenters. The Morgan fingerprint density at radius 2 is 1.90 bits per heavy atom. The van der Waals surface area contributed by atoms with E-state index in [1.54, 1.807) is 6.07 Å². The Kier molecular flexibility index (Phi) is 5.39. The lowest BCUT2D eigenvalue weighted by molar-refractivity contribution is 0.625. The molecule has 0 aromatic heterocycles. The molecule has 2 rings (SSSR count). The van der Waals surface area contributed by atoms with E-state index in [1.807, 2.05) is 18.2 Å². The van der Waals surface area contributed by atoms with E-state index < -0.39 is 0 Å². The van der Waals surface area contributed by atoms with Crippen molar-refractivity contribution in [1.82, 2.24) is 0 Å². The molecule has 20 heavy (non-hydrogen) atoms. The standard InChI is InChI=1S/C16H18ClFN2/c17-15-9-7-13(18)10-16(15)20-14(11-19)8-6-12-4-2-1-3-5-12/h1-5,7,9-10,14,20H,6,8,11,19H2. The number of anilines is 1. The summed E-state index contributed by atoms with van der Waals surface area (Å²) in [5.41, 5.74) is 7.63. The Morgan fingerprint density at radius 1 is 1.15 bits per heavy atom. The molecule has 0 fully saturated rings. The molecule has 4 heteroatoms. The summed E-state index contributed by atoms with van der Waals surface area (Å²) in [5.74, 6) is -0.310. The summed E-state index contributed by atoms with van der Waals surface area (Å²) in [6, 6.07) is 14.6. The highest BCUT2D eigenvalue weighted by atomic mass is 35.5. The van der Waals surface area contributed by atoms with Gasteiger partial charge in [-0.05, 0) is 36.6 Å². The van der Waals surface area contributed by atoms with Gasteiger partial charge in [0.1, 0.15) is 5.82 Å². The van der Waals surface area contributed by atoms with Crippen molar-refractivity contribution in [1.29, 1.82) is 0 Å². The Hall–Kier alpha value is -1.58. The summed E-state index contributed by atoms with van der Waals surface area (Å²) >= 11 is 6.04. The highest BCUT2D eigenvalue weighted by Gasteiger charge is 2.10. The molecule has 106 valence electrons. The van der Waals surface area contributed by atoms with E-state index in [1.165, 1.54) is 17.7 Å². The van der Waals surface area contributed by atoms with Gasteiger partial charge in [0.15, 0.2) is 0 Å². The summed E-state index contributed by atoms with van der Waals surface area (Å²) in [4.78, 5) is 0. The lowest BCUT2D eigenvalue weighted by Crippen LogP contribution is -2.29. The maximum atomic E-state index is 13.2. The first kappa shape index (κ1) is 14.8. The van der Waals surface area contributed by atoms with Gasteiger partial charge in [-0.1, -0.05) is 41.9 Å². The van der Waals surface area contributed by atoms with Crippen LogP contribution in [0.3, 0.4) is 0 Å². The van der Waals surface area contributed by atoms with Crippen molar-refractivity contribution >= 4 is 17.3 Å². The number of hydrogen-bond acceptors (Lipinski definition) is 2. The van der Waals surface area contributed by atoms with Crippen LogP contribution in [0.5, 0.6) is 0 Å². The molecule has 3 N–H and O–H groups in total. The second-order valence-corrected chi connectivity index (χ2v) is 5.13. The Morgan fingerprint density at radius 3 is 2.60 bits per heavy atom. The maximum Gasteiger partial charge on any atom is 0.125 e. The molecule has 0 bridgehead atoms. The van der Waals surface area contributed by atoms with Crippen LogP contribution < -0.4 is 11.1 Å². The predicted molar refractivity (Wildman–Crippen MR) is 82.6 cm³/mol. The van der Waals surface area contributed by atoms with Gasteiger partial charge in [-0.25, -0.2) is 4.39 Å². The minimum Gasteiger partial charge on any atom is -0.380 e. The fraction of sp³-hybridized carbons (Fsp3) is 0.250. The highest BCUT2D eigenvalue weighted by Crippen LogP contribution is 2.23. The van der Waals surface area contributed by atoms with Crippen LogP contribution in [0, 0.1) is 5.82 Å². The number of halogens is 2. The highest BCUT2D eigenvalue weighted by molar-refractivity contribution is 6.33. The first-order chi connectivity index (χ1) is 9.69. The quantitative estimate of drug-likeness (QED) is 0.849. The third kappa shape index (κ3) is 4.22. The molecule has 2 aromatic carbocycles. The minimum atomic E-state index is -0.310. The van der Waals surface area contributed by atoms with Gasteiger partial charge in [-0.15, -0.1) is 0 Å². The van der Waals surface area contributed by atoms with Crippen LogP contribution in [0.15, 0.2) is 48.5 Å². The predicted octanol–water partition coefficient (Wildman–Crippen LogP) is 3.85. The van der Waals surface area contributed by atoms with E-state index in [-0.39, 0.29) is 11.9 Å². The number of rotatable bonds is 6. The zero-order valence-electron chi connectivity index (χ0n) is 11.2. The second-order valence-electron chi connectivity index (χ2n) is 4.73. The maximum absolute atomic E-state index is 13.2. The van der Waals surface area contributed by atoms with Crippen molar-refractivity contribution in [3.63, 3.8) is 0 Å². The molecule has 0 aliphatic rings. The Bertz CT molecular complexity index is 545. The van der Waals surface area contributed by atoms with Crippen LogP contribution in [-0.4, -0.2) is 12.6 Å². The first-order valence-corrected chi connectivity index (χ1v) is 7.02. The van der Waals surface area contributed by atoms with Gasteiger partial charge in [0.2, 0.25) is 0 Å². The van der Waals surface area contributed by atoms with Crippen LogP contribution in [0.1, 0.15) is 12.0 Å². The normalized spacial score (nSPS) is 12.2. The van der Waals surface area contributed by atoms with Crippen LogP contribution in [0.25, 0.3) is 0 Å². The lowest BCUT2D eigenvalue weighted by Gasteiger charge is -2.19. The van der Waals surface area contributed by atoms with Crippen LogP contribution >= 0.6 is 11.6 Å². The summed E-state index contributed by atoms with van der Waals surface area (Å²) in [7, 11) is 0. The second kappa shape index (κ2) is 7.27. The van der Waals surface area contributed by atoms with Gasteiger partial charge < -0.3 is 11.1 Å². The topological polar surface area (TPSA) is 38.0 Å². The van der Waals surface area contributed by atoms with E-state index in [0.29, 0.717) is 17.3 Å². The van der Waals surface area contributed by atoms with E-state index in [2.05, 4.69) is 17.4 Å². The zero-order valence-corrected chi connectivity index (χ0v) is 11.9. The van der Waals surface area contributed by atoms with Gasteiger partial charge in [-0.3, -0.25) is 0 Å². The molecule has 0 aliphatic carbocycles. The largest absolute Gasteiger partial charge is 0.380 e. The smallest absolute Gasteiger partial charge is 0.125 e. The Balaban J connectivity index is 1.97. The van der Waals surface area contributed by atoms with Gasteiger partial charge in [-0.2, -0.15) is 0 Å². The fourth-order valence-corrected chi connectivity index (χ4v) is 2.23. The molecule has 0 saturated heterocycles. The monoisotopic (exact) mass is 292 g/mol. The molecule has 0 radical (unpaired) electrons. The molecule has 0 spiro atoms.